The number of hydrogen-bond acceptors (Lipinski definition) is 6. The number of amides is 1. The van der Waals surface area contributed by atoms with E-state index in [1.807, 2.05) is 6.92 Å². The van der Waals surface area contributed by atoms with Gasteiger partial charge in [-0.3, -0.25) is 9.52 Å². The molecule has 1 unspecified atom stereocenters. The first-order chi connectivity index (χ1) is 14.9. The molecule has 0 spiro atoms. The first-order valence-corrected chi connectivity index (χ1v) is 11.3. The highest BCUT2D eigenvalue weighted by Gasteiger charge is 2.19. The Morgan fingerprint density at radius 2 is 1.74 bits per heavy atom. The van der Waals surface area contributed by atoms with E-state index in [0.717, 1.165) is 6.42 Å². The highest BCUT2D eigenvalue weighted by molar-refractivity contribution is 7.92. The van der Waals surface area contributed by atoms with Crippen molar-refractivity contribution in [1.29, 1.82) is 0 Å². The van der Waals surface area contributed by atoms with Crippen molar-refractivity contribution in [2.24, 2.45) is 0 Å². The van der Waals surface area contributed by atoms with E-state index in [2.05, 4.69) is 10.0 Å². The first-order valence-electron chi connectivity index (χ1n) is 9.79. The van der Waals surface area contributed by atoms with Crippen LogP contribution < -0.4 is 19.5 Å². The molecule has 0 saturated heterocycles. The Bertz CT molecular complexity index is 1160. The largest absolute Gasteiger partial charge is 0.490 e. The summed E-state index contributed by atoms with van der Waals surface area (Å²) in [5, 5.41) is 2.83. The number of carbonyl (C=O) groups excluding carboxylic acids is 1. The van der Waals surface area contributed by atoms with Crippen molar-refractivity contribution < 1.29 is 27.1 Å². The van der Waals surface area contributed by atoms with Crippen LogP contribution in [0.5, 0.6) is 11.5 Å². The van der Waals surface area contributed by atoms with Crippen molar-refractivity contribution in [3.05, 3.63) is 72.2 Å². The van der Waals surface area contributed by atoms with Gasteiger partial charge in [-0.15, -0.1) is 0 Å². The lowest BCUT2D eigenvalue weighted by molar-refractivity contribution is 0.0935. The predicted octanol–water partition coefficient (Wildman–Crippen LogP) is 3.73. The molecule has 8 nitrogen and oxygen atoms in total. The van der Waals surface area contributed by atoms with Crippen molar-refractivity contribution in [2.75, 3.05) is 17.9 Å². The molecule has 162 valence electrons. The topological polar surface area (TPSA) is 107 Å². The lowest BCUT2D eigenvalue weighted by Crippen LogP contribution is -2.26. The molecule has 31 heavy (non-hydrogen) atoms. The molecule has 0 saturated carbocycles. The number of furan rings is 1. The lowest BCUT2D eigenvalue weighted by Gasteiger charge is -2.13. The smallest absolute Gasteiger partial charge is 0.262 e. The fourth-order valence-corrected chi connectivity index (χ4v) is 4.18. The number of fused-ring (bicyclic) bond motifs is 1. The molecule has 3 aromatic rings. The maximum absolute atomic E-state index is 12.8. The molecule has 0 aliphatic carbocycles. The van der Waals surface area contributed by atoms with Gasteiger partial charge in [0.05, 0.1) is 30.4 Å². The van der Waals surface area contributed by atoms with Crippen LogP contribution >= 0.6 is 0 Å². The summed E-state index contributed by atoms with van der Waals surface area (Å²) in [7, 11) is -3.84. The summed E-state index contributed by atoms with van der Waals surface area (Å²) in [6, 6.07) is 13.9. The van der Waals surface area contributed by atoms with E-state index in [4.69, 9.17) is 13.9 Å². The Hall–Kier alpha value is -3.46. The summed E-state index contributed by atoms with van der Waals surface area (Å²) in [5.74, 6) is 1.28. The van der Waals surface area contributed by atoms with Crippen LogP contribution in [0, 0.1) is 0 Å². The predicted molar refractivity (Wildman–Crippen MR) is 114 cm³/mol. The normalized spacial score (nSPS) is 14.4. The Balaban J connectivity index is 1.44. The van der Waals surface area contributed by atoms with Crippen LogP contribution in [0.4, 0.5) is 5.69 Å². The van der Waals surface area contributed by atoms with E-state index in [0.29, 0.717) is 41.7 Å². The van der Waals surface area contributed by atoms with Gasteiger partial charge in [0.1, 0.15) is 5.76 Å². The molecule has 2 aromatic carbocycles. The fourth-order valence-electron chi connectivity index (χ4n) is 3.10. The SMILES string of the molecule is CC(NC(=O)c1ccc(NS(=O)(=O)c2ccc3c(c2)OCCCO3)cc1)c1ccco1. The minimum absolute atomic E-state index is 0.0610. The van der Waals surface area contributed by atoms with Gasteiger partial charge in [0.2, 0.25) is 0 Å². The molecule has 1 atom stereocenters. The van der Waals surface area contributed by atoms with E-state index in [-0.39, 0.29) is 16.8 Å². The average molecular weight is 442 g/mol. The summed E-state index contributed by atoms with van der Waals surface area (Å²) in [6.07, 6.45) is 2.28. The van der Waals surface area contributed by atoms with E-state index < -0.39 is 10.0 Å². The van der Waals surface area contributed by atoms with Crippen molar-refractivity contribution in [2.45, 2.75) is 24.3 Å². The van der Waals surface area contributed by atoms with E-state index in [1.54, 1.807) is 36.6 Å². The second-order valence-corrected chi connectivity index (χ2v) is 8.73. The molecular formula is C22H22N2O6S. The van der Waals surface area contributed by atoms with Gasteiger partial charge in [-0.1, -0.05) is 0 Å². The first kappa shape index (κ1) is 20.8. The number of hydrogen-bond donors (Lipinski definition) is 2. The van der Waals surface area contributed by atoms with Gasteiger partial charge in [-0.25, -0.2) is 8.42 Å². The second-order valence-electron chi connectivity index (χ2n) is 7.05. The Morgan fingerprint density at radius 3 is 2.45 bits per heavy atom. The van der Waals surface area contributed by atoms with Crippen molar-refractivity contribution in [1.82, 2.24) is 5.32 Å². The third-order valence-corrected chi connectivity index (χ3v) is 6.13. The van der Waals surface area contributed by atoms with Crippen LogP contribution in [0.15, 0.2) is 70.2 Å². The number of sulfonamides is 1. The number of rotatable bonds is 6. The van der Waals surface area contributed by atoms with Crippen LogP contribution in [0.2, 0.25) is 0 Å². The van der Waals surface area contributed by atoms with Crippen molar-refractivity contribution in [3.63, 3.8) is 0 Å². The fraction of sp³-hybridized carbons (Fsp3) is 0.227. The van der Waals surface area contributed by atoms with Crippen LogP contribution in [-0.4, -0.2) is 27.5 Å². The third kappa shape index (κ3) is 4.83. The number of carbonyl (C=O) groups is 1. The number of benzene rings is 2. The maximum Gasteiger partial charge on any atom is 0.262 e. The zero-order chi connectivity index (χ0) is 21.8. The molecule has 0 fully saturated rings. The number of ether oxygens (including phenoxy) is 2. The highest BCUT2D eigenvalue weighted by Crippen LogP contribution is 2.32. The average Bonchev–Trinajstić information content (AvgIpc) is 3.19. The van der Waals surface area contributed by atoms with Gasteiger partial charge < -0.3 is 19.2 Å². The van der Waals surface area contributed by atoms with Gasteiger partial charge in [0.25, 0.3) is 15.9 Å². The summed E-state index contributed by atoms with van der Waals surface area (Å²) in [6.45, 7) is 2.80. The molecule has 4 rings (SSSR count). The van der Waals surface area contributed by atoms with Crippen LogP contribution in [-0.2, 0) is 10.0 Å². The van der Waals surface area contributed by atoms with Crippen molar-refractivity contribution in [3.8, 4) is 11.5 Å². The molecule has 1 aromatic heterocycles. The zero-order valence-electron chi connectivity index (χ0n) is 16.8. The molecule has 2 heterocycles. The van der Waals surface area contributed by atoms with E-state index in [9.17, 15) is 13.2 Å². The monoisotopic (exact) mass is 442 g/mol. The molecule has 0 radical (unpaired) electrons. The second kappa shape index (κ2) is 8.73. The van der Waals surface area contributed by atoms with Crippen molar-refractivity contribution >= 4 is 21.6 Å². The van der Waals surface area contributed by atoms with Crippen LogP contribution in [0.25, 0.3) is 0 Å². The minimum atomic E-state index is -3.84. The molecule has 1 aliphatic rings. The minimum Gasteiger partial charge on any atom is -0.490 e. The molecule has 9 heteroatoms. The standard InChI is InChI=1S/C22H22N2O6S/c1-15(19-4-2-11-28-19)23-22(25)16-5-7-17(8-6-16)24-31(26,27)18-9-10-20-21(14-18)30-13-3-12-29-20/h2,4-11,14-15,24H,3,12-13H2,1H3,(H,23,25). The Kier molecular flexibility index (Phi) is 5.85. The Morgan fingerprint density at radius 1 is 1.00 bits per heavy atom. The number of anilines is 1. The maximum atomic E-state index is 12.8. The summed E-state index contributed by atoms with van der Waals surface area (Å²) in [4.78, 5) is 12.5. The molecular weight excluding hydrogens is 420 g/mol. The van der Waals surface area contributed by atoms with E-state index >= 15 is 0 Å². The van der Waals surface area contributed by atoms with Crippen LogP contribution in [0.1, 0.15) is 35.5 Å². The van der Waals surface area contributed by atoms with Gasteiger partial charge in [0, 0.05) is 23.7 Å². The molecule has 1 aliphatic heterocycles. The molecule has 0 bridgehead atoms. The summed E-state index contributed by atoms with van der Waals surface area (Å²) >= 11 is 0. The van der Waals surface area contributed by atoms with Crippen LogP contribution in [0.3, 0.4) is 0 Å². The zero-order valence-corrected chi connectivity index (χ0v) is 17.6. The lowest BCUT2D eigenvalue weighted by atomic mass is 10.1. The Labute approximate surface area is 180 Å². The van der Waals surface area contributed by atoms with E-state index in [1.165, 1.54) is 24.3 Å². The summed E-state index contributed by atoms with van der Waals surface area (Å²) in [5.41, 5.74) is 0.736. The molecule has 1 amide bonds. The molecule has 2 N–H and O–H groups in total. The van der Waals surface area contributed by atoms with Gasteiger partial charge in [0.15, 0.2) is 11.5 Å². The van der Waals surface area contributed by atoms with Gasteiger partial charge in [-0.05, 0) is 55.5 Å². The van der Waals surface area contributed by atoms with Gasteiger partial charge >= 0.3 is 0 Å². The third-order valence-electron chi connectivity index (χ3n) is 4.75. The quantitative estimate of drug-likeness (QED) is 0.602. The number of nitrogens with one attached hydrogen (secondary N) is 2. The highest BCUT2D eigenvalue weighted by atomic mass is 32.2. The van der Waals surface area contributed by atoms with Gasteiger partial charge in [-0.2, -0.15) is 0 Å². The summed E-state index contributed by atoms with van der Waals surface area (Å²) < 4.78 is 44.4.